The second kappa shape index (κ2) is 8.92. The van der Waals surface area contributed by atoms with Crippen molar-refractivity contribution < 1.29 is 9.47 Å². The van der Waals surface area contributed by atoms with Crippen molar-refractivity contribution in [1.82, 2.24) is 40.4 Å². The molecule has 0 N–H and O–H groups in total. The molecule has 4 rings (SSSR count). The molecule has 0 unspecified atom stereocenters. The van der Waals surface area contributed by atoms with Crippen molar-refractivity contribution in [2.75, 3.05) is 19.3 Å². The first-order valence-corrected chi connectivity index (χ1v) is 10.4. The Balaban J connectivity index is 1.43. The Morgan fingerprint density at radius 3 is 1.48 bits per heavy atom. The van der Waals surface area contributed by atoms with Crippen molar-refractivity contribution in [3.05, 3.63) is 48.5 Å². The van der Waals surface area contributed by atoms with Gasteiger partial charge in [-0.3, -0.25) is 0 Å². The van der Waals surface area contributed by atoms with Gasteiger partial charge < -0.3 is 9.47 Å². The monoisotopic (exact) mass is 428 g/mol. The molecule has 0 fully saturated rings. The number of aromatic nitrogens is 8. The zero-order valence-corrected chi connectivity index (χ0v) is 17.2. The average molecular weight is 429 g/mol. The van der Waals surface area contributed by atoms with Gasteiger partial charge in [-0.2, -0.15) is 9.36 Å². The van der Waals surface area contributed by atoms with Gasteiger partial charge in [-0.05, 0) is 69.4 Å². The molecule has 2 aromatic heterocycles. The number of methoxy groups -OCH3 is 2. The van der Waals surface area contributed by atoms with Crippen LogP contribution in [0.3, 0.4) is 0 Å². The van der Waals surface area contributed by atoms with Gasteiger partial charge >= 0.3 is 0 Å². The third-order valence-corrected chi connectivity index (χ3v) is 5.86. The van der Waals surface area contributed by atoms with E-state index in [0.717, 1.165) is 22.9 Å². The van der Waals surface area contributed by atoms with Crippen LogP contribution in [0.2, 0.25) is 0 Å². The number of thioether (sulfide) groups is 2. The van der Waals surface area contributed by atoms with Crippen molar-refractivity contribution in [3.8, 4) is 22.9 Å². The number of rotatable bonds is 8. The molecule has 0 aliphatic rings. The topological polar surface area (TPSA) is 106 Å². The Hall–Kier alpha value is -3.12. The maximum absolute atomic E-state index is 5.19. The van der Waals surface area contributed by atoms with Gasteiger partial charge in [0.15, 0.2) is 0 Å². The molecule has 29 heavy (non-hydrogen) atoms. The van der Waals surface area contributed by atoms with Crippen LogP contribution in [0, 0.1) is 0 Å². The molecule has 0 spiro atoms. The Bertz CT molecular complexity index is 980. The molecule has 12 heteroatoms. The minimum Gasteiger partial charge on any atom is -0.497 e. The van der Waals surface area contributed by atoms with Gasteiger partial charge in [0.25, 0.3) is 0 Å². The molecule has 0 atom stereocenters. The summed E-state index contributed by atoms with van der Waals surface area (Å²) in [4.78, 5) is 0. The van der Waals surface area contributed by atoms with Crippen molar-refractivity contribution in [2.24, 2.45) is 0 Å². The summed E-state index contributed by atoms with van der Waals surface area (Å²) in [5.41, 5.74) is 1.71. The van der Waals surface area contributed by atoms with Gasteiger partial charge in [0.1, 0.15) is 11.5 Å². The van der Waals surface area contributed by atoms with Gasteiger partial charge in [-0.15, -0.1) is 10.2 Å². The summed E-state index contributed by atoms with van der Waals surface area (Å²) in [7, 11) is 3.26. The smallest absolute Gasteiger partial charge is 0.214 e. The lowest BCUT2D eigenvalue weighted by Crippen LogP contribution is -2.00. The second-order valence-corrected chi connectivity index (χ2v) is 7.80. The third kappa shape index (κ3) is 4.32. The third-order valence-electron chi connectivity index (χ3n) is 3.89. The van der Waals surface area contributed by atoms with Crippen LogP contribution in [-0.2, 0) is 0 Å². The van der Waals surface area contributed by atoms with Gasteiger partial charge in [0.2, 0.25) is 10.3 Å². The highest BCUT2D eigenvalue weighted by Crippen LogP contribution is 2.27. The van der Waals surface area contributed by atoms with Crippen LogP contribution in [0.1, 0.15) is 0 Å². The first kappa shape index (κ1) is 19.2. The normalized spacial score (nSPS) is 10.8. The molecule has 0 saturated carbocycles. The lowest BCUT2D eigenvalue weighted by molar-refractivity contribution is 0.414. The maximum Gasteiger partial charge on any atom is 0.214 e. The maximum atomic E-state index is 5.19. The Morgan fingerprint density at radius 2 is 1.10 bits per heavy atom. The molecule has 0 aliphatic carbocycles. The quantitative estimate of drug-likeness (QED) is 0.307. The van der Waals surface area contributed by atoms with Gasteiger partial charge in [0, 0.05) is 0 Å². The molecule has 2 heterocycles. The van der Waals surface area contributed by atoms with Gasteiger partial charge in [-0.25, -0.2) is 0 Å². The number of ether oxygens (including phenoxy) is 2. The Kier molecular flexibility index (Phi) is 5.91. The fourth-order valence-corrected chi connectivity index (χ4v) is 4.24. The minimum absolute atomic E-state index is 0.632. The van der Waals surface area contributed by atoms with Crippen LogP contribution in [0.25, 0.3) is 11.4 Å². The summed E-state index contributed by atoms with van der Waals surface area (Å²) in [6, 6.07) is 15.1. The van der Waals surface area contributed by atoms with Crippen molar-refractivity contribution >= 4 is 23.5 Å². The first-order valence-electron chi connectivity index (χ1n) is 8.39. The van der Waals surface area contributed by atoms with Gasteiger partial charge in [0.05, 0.1) is 30.7 Å². The summed E-state index contributed by atoms with van der Waals surface area (Å²) in [5, 5.41) is 25.9. The molecule has 0 aliphatic heterocycles. The highest BCUT2D eigenvalue weighted by molar-refractivity contribution is 8.15. The van der Waals surface area contributed by atoms with Crippen molar-refractivity contribution in [3.63, 3.8) is 0 Å². The second-order valence-electron chi connectivity index (χ2n) is 5.55. The van der Waals surface area contributed by atoms with E-state index in [0.29, 0.717) is 15.4 Å². The van der Waals surface area contributed by atoms with E-state index < -0.39 is 0 Å². The Morgan fingerprint density at radius 1 is 0.690 bits per heavy atom. The van der Waals surface area contributed by atoms with Crippen LogP contribution in [0.4, 0.5) is 0 Å². The average Bonchev–Trinajstić information content (AvgIpc) is 3.44. The number of benzene rings is 2. The van der Waals surface area contributed by atoms with E-state index >= 15 is 0 Å². The van der Waals surface area contributed by atoms with Gasteiger partial charge in [-0.1, -0.05) is 23.5 Å². The number of nitrogens with zero attached hydrogens (tertiary/aromatic N) is 8. The van der Waals surface area contributed by atoms with Crippen molar-refractivity contribution in [1.29, 1.82) is 0 Å². The molecule has 10 nitrogen and oxygen atoms in total. The summed E-state index contributed by atoms with van der Waals surface area (Å²) < 4.78 is 13.7. The number of tetrazole rings is 2. The lowest BCUT2D eigenvalue weighted by atomic mass is 10.3. The molecule has 0 amide bonds. The summed E-state index contributed by atoms with van der Waals surface area (Å²) in [6.45, 7) is 0. The fraction of sp³-hybridized carbons (Fsp3) is 0.176. The number of hydrogen-bond donors (Lipinski definition) is 0. The zero-order valence-electron chi connectivity index (χ0n) is 15.5. The highest BCUT2D eigenvalue weighted by atomic mass is 32.2. The van der Waals surface area contributed by atoms with E-state index in [1.54, 1.807) is 23.6 Å². The zero-order chi connectivity index (χ0) is 20.1. The van der Waals surface area contributed by atoms with Crippen LogP contribution in [0.15, 0.2) is 58.8 Å². The van der Waals surface area contributed by atoms with E-state index in [2.05, 4.69) is 31.1 Å². The van der Waals surface area contributed by atoms with Crippen LogP contribution in [0.5, 0.6) is 11.5 Å². The predicted molar refractivity (Wildman–Crippen MR) is 108 cm³/mol. The molecular formula is C17H16N8O2S2. The highest BCUT2D eigenvalue weighted by Gasteiger charge is 2.13. The molecular weight excluding hydrogens is 412 g/mol. The SMILES string of the molecule is COc1ccc(-n2nnnc2SCSc2nnnn2-c2ccc(OC)cc2)cc1. The molecule has 0 bridgehead atoms. The molecule has 148 valence electrons. The molecule has 0 radical (unpaired) electrons. The van der Waals surface area contributed by atoms with E-state index in [-0.39, 0.29) is 0 Å². The van der Waals surface area contributed by atoms with Crippen LogP contribution >= 0.6 is 23.5 Å². The van der Waals surface area contributed by atoms with Crippen molar-refractivity contribution in [2.45, 2.75) is 10.3 Å². The Labute approximate surface area is 174 Å². The molecule has 4 aromatic rings. The first-order chi connectivity index (χ1) is 14.3. The largest absolute Gasteiger partial charge is 0.497 e. The standard InChI is InChI=1S/C17H16N8O2S2/c1-26-14-7-3-12(4-8-14)24-16(18-20-22-24)28-11-29-17-19-21-23-25(17)13-5-9-15(27-2)10-6-13/h3-10H,11H2,1-2H3. The summed E-state index contributed by atoms with van der Waals surface area (Å²) in [6.07, 6.45) is 0. The summed E-state index contributed by atoms with van der Waals surface area (Å²) in [5.74, 6) is 1.55. The van der Waals surface area contributed by atoms with E-state index in [4.69, 9.17) is 9.47 Å². The number of hydrogen-bond acceptors (Lipinski definition) is 10. The molecule has 2 aromatic carbocycles. The fourth-order valence-electron chi connectivity index (χ4n) is 2.44. The van der Waals surface area contributed by atoms with Crippen LogP contribution < -0.4 is 9.47 Å². The summed E-state index contributed by atoms with van der Waals surface area (Å²) >= 11 is 2.99. The van der Waals surface area contributed by atoms with E-state index in [1.165, 1.54) is 23.5 Å². The minimum atomic E-state index is 0.632. The van der Waals surface area contributed by atoms with E-state index in [1.807, 2.05) is 48.5 Å². The van der Waals surface area contributed by atoms with Crippen LogP contribution in [-0.4, -0.2) is 59.7 Å². The van der Waals surface area contributed by atoms with E-state index in [9.17, 15) is 0 Å². The molecule has 0 saturated heterocycles. The lowest BCUT2D eigenvalue weighted by Gasteiger charge is -2.06. The predicted octanol–water partition coefficient (Wildman–Crippen LogP) is 2.50.